The summed E-state index contributed by atoms with van der Waals surface area (Å²) < 4.78 is 65.3. The number of alkyl halides is 3. The van der Waals surface area contributed by atoms with E-state index in [4.69, 9.17) is 9.47 Å². The number of hydrogen-bond donors (Lipinski definition) is 1. The lowest BCUT2D eigenvalue weighted by atomic mass is 9.82. The fraction of sp³-hybridized carbons (Fsp3) is 0.450. The van der Waals surface area contributed by atoms with E-state index in [0.717, 1.165) is 6.07 Å². The summed E-state index contributed by atoms with van der Waals surface area (Å²) in [5.74, 6) is -1.27. The predicted molar refractivity (Wildman–Crippen MR) is 103 cm³/mol. The van der Waals surface area contributed by atoms with Crippen molar-refractivity contribution in [2.45, 2.75) is 39.6 Å². The summed E-state index contributed by atoms with van der Waals surface area (Å²) in [5, 5.41) is 14.6. The van der Waals surface area contributed by atoms with Gasteiger partial charge in [0.05, 0.1) is 32.4 Å². The summed E-state index contributed by atoms with van der Waals surface area (Å²) >= 11 is 0. The van der Waals surface area contributed by atoms with Crippen molar-refractivity contribution < 1.29 is 32.1 Å². The minimum absolute atomic E-state index is 0.0266. The van der Waals surface area contributed by atoms with Crippen LogP contribution in [0.4, 0.5) is 17.6 Å². The predicted octanol–water partition coefficient (Wildman–Crippen LogP) is 4.13. The number of fused-ring (bicyclic) bond motifs is 1. The summed E-state index contributed by atoms with van der Waals surface area (Å²) in [4.78, 5) is 8.41. The second kappa shape index (κ2) is 7.95. The second-order valence-corrected chi connectivity index (χ2v) is 7.97. The van der Waals surface area contributed by atoms with Crippen molar-refractivity contribution in [3.8, 4) is 11.9 Å². The Bertz CT molecular complexity index is 1110. The van der Waals surface area contributed by atoms with Crippen molar-refractivity contribution in [2.75, 3.05) is 14.2 Å². The van der Waals surface area contributed by atoms with Gasteiger partial charge in [-0.05, 0) is 23.1 Å². The molecule has 0 saturated heterocycles. The second-order valence-electron chi connectivity index (χ2n) is 7.97. The summed E-state index contributed by atoms with van der Waals surface area (Å²) in [7, 11) is 2.74. The summed E-state index contributed by atoms with van der Waals surface area (Å²) in [6.07, 6.45) is -4.81. The molecule has 0 aliphatic rings. The van der Waals surface area contributed by atoms with Gasteiger partial charge in [0.25, 0.3) is 0 Å². The van der Waals surface area contributed by atoms with E-state index < -0.39 is 35.6 Å². The Labute approximate surface area is 175 Å². The zero-order valence-electron chi connectivity index (χ0n) is 17.6. The van der Waals surface area contributed by atoms with Crippen LogP contribution < -0.4 is 9.47 Å². The van der Waals surface area contributed by atoms with E-state index in [1.807, 2.05) is 20.8 Å². The molecule has 0 aliphatic carbocycles. The van der Waals surface area contributed by atoms with Crippen molar-refractivity contribution in [1.82, 2.24) is 19.7 Å². The Balaban J connectivity index is 2.32. The van der Waals surface area contributed by atoms with Crippen molar-refractivity contribution in [2.24, 2.45) is 5.41 Å². The van der Waals surface area contributed by atoms with Crippen LogP contribution in [0.2, 0.25) is 0 Å². The first-order valence-electron chi connectivity index (χ1n) is 9.27. The van der Waals surface area contributed by atoms with Gasteiger partial charge in [-0.2, -0.15) is 28.2 Å². The monoisotopic (exact) mass is 442 g/mol. The maximum Gasteiger partial charge on any atom is 0.419 e. The number of hydrogen-bond acceptors (Lipinski definition) is 6. The van der Waals surface area contributed by atoms with Crippen LogP contribution >= 0.6 is 0 Å². The van der Waals surface area contributed by atoms with Crippen LogP contribution in [0.25, 0.3) is 11.0 Å². The molecule has 1 aromatic carbocycles. The van der Waals surface area contributed by atoms with Gasteiger partial charge in [-0.15, -0.1) is 0 Å². The number of halogens is 4. The average molecular weight is 442 g/mol. The summed E-state index contributed by atoms with van der Waals surface area (Å²) in [6.45, 7) is 5.02. The van der Waals surface area contributed by atoms with Crippen LogP contribution in [0.1, 0.15) is 43.6 Å². The molecular weight excluding hydrogens is 420 g/mol. The van der Waals surface area contributed by atoms with Crippen LogP contribution in [0.5, 0.6) is 11.9 Å². The topological polar surface area (TPSA) is 82.3 Å². The SMILES string of the molecule is COc1nc(OC)c2c(CO)nn(C(c3ccc(C(F)(F)F)c(F)c3)C(C)(C)C)c2n1. The van der Waals surface area contributed by atoms with Crippen molar-refractivity contribution in [1.29, 1.82) is 0 Å². The van der Waals surface area contributed by atoms with Crippen LogP contribution in [-0.4, -0.2) is 39.1 Å². The molecule has 0 radical (unpaired) electrons. The molecule has 7 nitrogen and oxygen atoms in total. The molecule has 0 spiro atoms. The lowest BCUT2D eigenvalue weighted by molar-refractivity contribution is -0.140. The highest BCUT2D eigenvalue weighted by Crippen LogP contribution is 2.41. The van der Waals surface area contributed by atoms with Crippen LogP contribution in [-0.2, 0) is 12.8 Å². The van der Waals surface area contributed by atoms with Gasteiger partial charge in [0.15, 0.2) is 5.65 Å². The summed E-state index contributed by atoms with van der Waals surface area (Å²) in [6, 6.07) is 2.00. The number of benzene rings is 1. The van der Waals surface area contributed by atoms with E-state index >= 15 is 0 Å². The standard InChI is InChI=1S/C20H22F4N4O3/c1-19(2,3)15(10-6-7-11(12(21)8-10)20(22,23)24)28-16-14(13(9-29)27-28)17(30-4)26-18(25-16)31-5/h6-8,15,29H,9H2,1-5H3. The smallest absolute Gasteiger partial charge is 0.419 e. The molecule has 0 saturated carbocycles. The highest BCUT2D eigenvalue weighted by molar-refractivity contribution is 5.84. The number of aromatic nitrogens is 4. The first-order valence-corrected chi connectivity index (χ1v) is 9.27. The quantitative estimate of drug-likeness (QED) is 0.599. The van der Waals surface area contributed by atoms with E-state index in [2.05, 4.69) is 15.1 Å². The highest BCUT2D eigenvalue weighted by atomic mass is 19.4. The number of rotatable bonds is 5. The van der Waals surface area contributed by atoms with Gasteiger partial charge in [0, 0.05) is 0 Å². The number of nitrogens with zero attached hydrogens (tertiary/aromatic N) is 4. The minimum Gasteiger partial charge on any atom is -0.480 e. The van der Waals surface area contributed by atoms with Crippen LogP contribution in [0, 0.1) is 11.2 Å². The Hall–Kier alpha value is -2.95. The fourth-order valence-electron chi connectivity index (χ4n) is 3.52. The highest BCUT2D eigenvalue weighted by Gasteiger charge is 2.37. The molecule has 2 aromatic heterocycles. The average Bonchev–Trinajstić information content (AvgIpc) is 3.03. The van der Waals surface area contributed by atoms with Gasteiger partial charge in [0.1, 0.15) is 16.9 Å². The largest absolute Gasteiger partial charge is 0.480 e. The number of aliphatic hydroxyl groups is 1. The maximum absolute atomic E-state index is 14.4. The van der Waals surface area contributed by atoms with Gasteiger partial charge in [-0.3, -0.25) is 0 Å². The molecule has 0 bridgehead atoms. The molecule has 0 aliphatic heterocycles. The van der Waals surface area contributed by atoms with Gasteiger partial charge < -0.3 is 14.6 Å². The molecule has 0 fully saturated rings. The molecule has 1 unspecified atom stereocenters. The molecule has 11 heteroatoms. The van der Waals surface area contributed by atoms with Crippen molar-refractivity contribution in [3.63, 3.8) is 0 Å². The zero-order chi connectivity index (χ0) is 23.1. The fourth-order valence-corrected chi connectivity index (χ4v) is 3.52. The first kappa shape index (κ1) is 22.7. The Morgan fingerprint density at radius 1 is 1.10 bits per heavy atom. The molecular formula is C20H22F4N4O3. The molecule has 3 rings (SSSR count). The zero-order valence-corrected chi connectivity index (χ0v) is 17.6. The number of methoxy groups -OCH3 is 2. The molecule has 31 heavy (non-hydrogen) atoms. The normalized spacial score (nSPS) is 13.5. The Morgan fingerprint density at radius 3 is 2.26 bits per heavy atom. The molecule has 1 atom stereocenters. The van der Waals surface area contributed by atoms with Gasteiger partial charge >= 0.3 is 12.2 Å². The van der Waals surface area contributed by atoms with E-state index in [1.54, 1.807) is 0 Å². The molecule has 3 aromatic rings. The van der Waals surface area contributed by atoms with E-state index in [0.29, 0.717) is 11.5 Å². The van der Waals surface area contributed by atoms with Gasteiger partial charge in [0.2, 0.25) is 5.88 Å². The Morgan fingerprint density at radius 2 is 1.77 bits per heavy atom. The van der Waals surface area contributed by atoms with Gasteiger partial charge in [-0.1, -0.05) is 26.8 Å². The van der Waals surface area contributed by atoms with Crippen molar-refractivity contribution in [3.05, 3.63) is 40.8 Å². The van der Waals surface area contributed by atoms with E-state index in [1.165, 1.54) is 25.0 Å². The van der Waals surface area contributed by atoms with Crippen LogP contribution in [0.3, 0.4) is 0 Å². The number of ether oxygens (including phenoxy) is 2. The van der Waals surface area contributed by atoms with E-state index in [9.17, 15) is 22.7 Å². The summed E-state index contributed by atoms with van der Waals surface area (Å²) in [5.41, 5.74) is -1.30. The molecule has 1 N–H and O–H groups in total. The molecule has 2 heterocycles. The van der Waals surface area contributed by atoms with Crippen molar-refractivity contribution >= 4 is 11.0 Å². The lowest BCUT2D eigenvalue weighted by Crippen LogP contribution is -2.27. The van der Waals surface area contributed by atoms with E-state index in [-0.39, 0.29) is 28.8 Å². The third-order valence-corrected chi connectivity index (χ3v) is 4.78. The molecule has 168 valence electrons. The Kier molecular flexibility index (Phi) is 5.83. The molecule has 0 amide bonds. The maximum atomic E-state index is 14.4. The number of aliphatic hydroxyl groups excluding tert-OH is 1. The minimum atomic E-state index is -4.81. The lowest BCUT2D eigenvalue weighted by Gasteiger charge is -2.32. The van der Waals surface area contributed by atoms with Crippen LogP contribution in [0.15, 0.2) is 18.2 Å². The first-order chi connectivity index (χ1) is 14.4. The third-order valence-electron chi connectivity index (χ3n) is 4.78. The third kappa shape index (κ3) is 4.14. The van der Waals surface area contributed by atoms with Gasteiger partial charge in [-0.25, -0.2) is 9.07 Å².